The molecule has 0 unspecified atom stereocenters. The average Bonchev–Trinajstić information content (AvgIpc) is 2.64. The maximum Gasteiger partial charge on any atom is 0.330 e. The van der Waals surface area contributed by atoms with Crippen molar-refractivity contribution in [1.29, 1.82) is 0 Å². The number of pyridine rings is 1. The third-order valence-corrected chi connectivity index (χ3v) is 2.63. The highest BCUT2D eigenvalue weighted by Crippen LogP contribution is 2.20. The van der Waals surface area contributed by atoms with Gasteiger partial charge in [-0.3, -0.25) is 15.1 Å². The van der Waals surface area contributed by atoms with Crippen LogP contribution in [0.4, 0.5) is 11.5 Å². The lowest BCUT2D eigenvalue weighted by atomic mass is 10.3. The monoisotopic (exact) mass is 297 g/mol. The maximum atomic E-state index is 10.6. The smallest absolute Gasteiger partial charge is 0.330 e. The lowest BCUT2D eigenvalue weighted by molar-refractivity contribution is -0.384. The summed E-state index contributed by atoms with van der Waals surface area (Å²) in [4.78, 5) is 14.2. The molecule has 8 heteroatoms. The molecule has 2 N–H and O–H groups in total. The second-order valence-electron chi connectivity index (χ2n) is 3.30. The van der Waals surface area contributed by atoms with Gasteiger partial charge in [0.2, 0.25) is 5.82 Å². The van der Waals surface area contributed by atoms with Crippen molar-refractivity contribution in [3.63, 3.8) is 0 Å². The van der Waals surface area contributed by atoms with Gasteiger partial charge in [-0.05, 0) is 28.1 Å². The number of nitrogens with two attached hydrogens (primary N) is 1. The van der Waals surface area contributed by atoms with Gasteiger partial charge in [0.25, 0.3) is 0 Å². The van der Waals surface area contributed by atoms with Gasteiger partial charge in [0, 0.05) is 10.7 Å². The third-order valence-electron chi connectivity index (χ3n) is 2.16. The third kappa shape index (κ3) is 2.41. The Labute approximate surface area is 105 Å². The predicted molar refractivity (Wildman–Crippen MR) is 64.3 cm³/mol. The lowest BCUT2D eigenvalue weighted by Gasteiger charge is -2.02. The zero-order valence-corrected chi connectivity index (χ0v) is 10.2. The highest BCUT2D eigenvalue weighted by Gasteiger charge is 2.17. The number of halogens is 1. The van der Waals surface area contributed by atoms with E-state index in [9.17, 15) is 10.1 Å². The fourth-order valence-electron chi connectivity index (χ4n) is 1.31. The van der Waals surface area contributed by atoms with E-state index in [4.69, 9.17) is 5.73 Å². The van der Waals surface area contributed by atoms with Crippen LogP contribution in [0.3, 0.4) is 0 Å². The molecule has 0 fully saturated rings. The van der Waals surface area contributed by atoms with E-state index in [1.807, 2.05) is 6.07 Å². The van der Waals surface area contributed by atoms with Crippen molar-refractivity contribution in [2.24, 2.45) is 0 Å². The molecule has 0 radical (unpaired) electrons. The van der Waals surface area contributed by atoms with Gasteiger partial charge in [0.15, 0.2) is 0 Å². The molecule has 2 aromatic heterocycles. The molecule has 2 heterocycles. The van der Waals surface area contributed by atoms with Gasteiger partial charge in [-0.25, -0.2) is 4.68 Å². The summed E-state index contributed by atoms with van der Waals surface area (Å²) in [6, 6.07) is 3.62. The molecule has 0 amide bonds. The van der Waals surface area contributed by atoms with Crippen molar-refractivity contribution in [2.75, 3.05) is 5.73 Å². The van der Waals surface area contributed by atoms with E-state index in [1.54, 1.807) is 12.3 Å². The molecule has 2 rings (SSSR count). The number of hydrogen-bond acceptors (Lipinski definition) is 5. The Bertz CT molecular complexity index is 551. The summed E-state index contributed by atoms with van der Waals surface area (Å²) in [5.74, 6) is 0.0275. The normalized spacial score (nSPS) is 10.4. The summed E-state index contributed by atoms with van der Waals surface area (Å²) < 4.78 is 2.20. The predicted octanol–water partition coefficient (Wildman–Crippen LogP) is 1.58. The van der Waals surface area contributed by atoms with Gasteiger partial charge < -0.3 is 5.73 Å². The van der Waals surface area contributed by atoms with Crippen LogP contribution in [0.1, 0.15) is 5.69 Å². The van der Waals surface area contributed by atoms with Crippen molar-refractivity contribution in [3.05, 3.63) is 44.8 Å². The second-order valence-corrected chi connectivity index (χ2v) is 4.21. The van der Waals surface area contributed by atoms with Gasteiger partial charge >= 0.3 is 5.69 Å². The van der Waals surface area contributed by atoms with Crippen LogP contribution in [0.5, 0.6) is 0 Å². The molecule has 2 aromatic rings. The van der Waals surface area contributed by atoms with E-state index in [-0.39, 0.29) is 11.5 Å². The van der Waals surface area contributed by atoms with Crippen LogP contribution in [0.2, 0.25) is 0 Å². The molecule has 88 valence electrons. The molecule has 0 atom stereocenters. The molecule has 0 aromatic carbocycles. The van der Waals surface area contributed by atoms with Crippen LogP contribution in [-0.4, -0.2) is 19.7 Å². The molecule has 0 bridgehead atoms. The zero-order valence-electron chi connectivity index (χ0n) is 8.58. The van der Waals surface area contributed by atoms with Crippen molar-refractivity contribution >= 4 is 27.4 Å². The highest BCUT2D eigenvalue weighted by molar-refractivity contribution is 9.10. The number of hydrogen-bond donors (Lipinski definition) is 1. The second kappa shape index (κ2) is 4.50. The van der Waals surface area contributed by atoms with Gasteiger partial charge in [0.05, 0.1) is 17.2 Å². The van der Waals surface area contributed by atoms with Crippen LogP contribution < -0.4 is 5.73 Å². The number of aromatic nitrogens is 3. The molecule has 0 aliphatic rings. The molecule has 0 aliphatic carbocycles. The number of nitrogen functional groups attached to an aromatic ring is 1. The zero-order chi connectivity index (χ0) is 12.4. The van der Waals surface area contributed by atoms with Crippen LogP contribution in [0.25, 0.3) is 0 Å². The summed E-state index contributed by atoms with van der Waals surface area (Å²) in [6.45, 7) is 0.299. The number of anilines is 1. The van der Waals surface area contributed by atoms with Gasteiger partial charge in [-0.15, -0.1) is 0 Å². The summed E-state index contributed by atoms with van der Waals surface area (Å²) >= 11 is 3.27. The van der Waals surface area contributed by atoms with E-state index in [1.165, 1.54) is 4.68 Å². The average molecular weight is 298 g/mol. The van der Waals surface area contributed by atoms with Crippen LogP contribution in [-0.2, 0) is 6.54 Å². The summed E-state index contributed by atoms with van der Waals surface area (Å²) in [5.41, 5.74) is 6.13. The first-order chi connectivity index (χ1) is 8.08. The Morgan fingerprint density at radius 2 is 2.24 bits per heavy atom. The van der Waals surface area contributed by atoms with Crippen molar-refractivity contribution in [2.45, 2.75) is 6.54 Å². The Morgan fingerprint density at radius 3 is 2.76 bits per heavy atom. The minimum atomic E-state index is -0.562. The minimum Gasteiger partial charge on any atom is -0.378 e. The van der Waals surface area contributed by atoms with Crippen molar-refractivity contribution < 1.29 is 4.92 Å². The Kier molecular flexibility index (Phi) is 3.05. The summed E-state index contributed by atoms with van der Waals surface area (Å²) in [5, 5.41) is 14.4. The van der Waals surface area contributed by atoms with Crippen LogP contribution in [0, 0.1) is 10.1 Å². The first-order valence-corrected chi connectivity index (χ1v) is 5.43. The minimum absolute atomic E-state index is 0.0275. The fraction of sp³-hybridized carbons (Fsp3) is 0.111. The number of rotatable bonds is 3. The molecule has 0 saturated carbocycles. The molecule has 7 nitrogen and oxygen atoms in total. The fourth-order valence-corrected chi connectivity index (χ4v) is 1.54. The van der Waals surface area contributed by atoms with Gasteiger partial charge in [-0.2, -0.15) is 5.10 Å². The maximum absolute atomic E-state index is 10.6. The molecule has 17 heavy (non-hydrogen) atoms. The first-order valence-electron chi connectivity index (χ1n) is 4.64. The number of nitrogens with zero attached hydrogens (tertiary/aromatic N) is 4. The summed E-state index contributed by atoms with van der Waals surface area (Å²) in [6.07, 6.45) is 2.78. The first kappa shape index (κ1) is 11.5. The molecule has 0 saturated heterocycles. The van der Waals surface area contributed by atoms with Crippen molar-refractivity contribution in [3.8, 4) is 0 Å². The standard InChI is InChI=1S/C9H8BrN5O2/c10-6-1-2-7(12-3-6)5-14-9(11)8(4-13-14)15(16)17/h1-4H,5,11H2. The van der Waals surface area contributed by atoms with Gasteiger partial charge in [-0.1, -0.05) is 0 Å². The van der Waals surface area contributed by atoms with E-state index in [0.29, 0.717) is 6.54 Å². The van der Waals surface area contributed by atoms with E-state index < -0.39 is 4.92 Å². The van der Waals surface area contributed by atoms with E-state index >= 15 is 0 Å². The SMILES string of the molecule is Nc1c([N+](=O)[O-])cnn1Cc1ccc(Br)cn1. The Hall–Kier alpha value is -1.96. The van der Waals surface area contributed by atoms with Crippen LogP contribution >= 0.6 is 15.9 Å². The summed E-state index contributed by atoms with van der Waals surface area (Å²) in [7, 11) is 0. The number of nitro groups is 1. The van der Waals surface area contributed by atoms with Crippen LogP contribution in [0.15, 0.2) is 29.0 Å². The topological polar surface area (TPSA) is 99.9 Å². The largest absolute Gasteiger partial charge is 0.378 e. The van der Waals surface area contributed by atoms with E-state index in [0.717, 1.165) is 16.4 Å². The molecule has 0 spiro atoms. The molecule has 0 aliphatic heterocycles. The lowest BCUT2D eigenvalue weighted by Crippen LogP contribution is -2.07. The molecular weight excluding hydrogens is 290 g/mol. The Morgan fingerprint density at radius 1 is 1.47 bits per heavy atom. The van der Waals surface area contributed by atoms with Gasteiger partial charge in [0.1, 0.15) is 6.20 Å². The highest BCUT2D eigenvalue weighted by atomic mass is 79.9. The quantitative estimate of drug-likeness (QED) is 0.685. The Balaban J connectivity index is 2.24. The molecular formula is C9H8BrN5O2. The van der Waals surface area contributed by atoms with Crippen molar-refractivity contribution in [1.82, 2.24) is 14.8 Å². The van der Waals surface area contributed by atoms with E-state index in [2.05, 4.69) is 26.0 Å².